The Morgan fingerprint density at radius 3 is 2.57 bits per heavy atom. The van der Waals surface area contributed by atoms with Crippen molar-refractivity contribution in [3.63, 3.8) is 0 Å². The maximum atomic E-state index is 13.2. The largest absolute Gasteiger partial charge is 0.496 e. The minimum atomic E-state index is -4.21. The van der Waals surface area contributed by atoms with E-state index in [1.165, 1.54) is 43.8 Å². The number of fused-ring (bicyclic) bond motifs is 3. The molecule has 10 nitrogen and oxygen atoms in total. The van der Waals surface area contributed by atoms with Crippen molar-refractivity contribution in [2.24, 2.45) is 0 Å². The highest BCUT2D eigenvalue weighted by Crippen LogP contribution is 2.38. The number of benzene rings is 2. The molecule has 0 aliphatic heterocycles. The molecule has 3 heterocycles. The lowest BCUT2D eigenvalue weighted by Gasteiger charge is -2.11. The number of rotatable bonds is 6. The summed E-state index contributed by atoms with van der Waals surface area (Å²) in [6, 6.07) is 16.5. The molecule has 0 radical (unpaired) electrons. The van der Waals surface area contributed by atoms with Crippen LogP contribution in [0.5, 0.6) is 11.6 Å². The summed E-state index contributed by atoms with van der Waals surface area (Å²) in [6.45, 7) is 0. The molecule has 35 heavy (non-hydrogen) atoms. The lowest BCUT2D eigenvalue weighted by atomic mass is 10.2. The molecule has 5 aromatic rings. The second kappa shape index (κ2) is 8.89. The molecule has 0 atom stereocenters. The summed E-state index contributed by atoms with van der Waals surface area (Å²) in [4.78, 5) is 16.6. The van der Waals surface area contributed by atoms with Gasteiger partial charge in [-0.1, -0.05) is 30.3 Å². The monoisotopic (exact) mass is 509 g/mol. The number of hydrogen-bond acceptors (Lipinski definition) is 8. The van der Waals surface area contributed by atoms with Crippen molar-refractivity contribution in [3.05, 3.63) is 66.9 Å². The number of nitrogens with one attached hydrogen (secondary N) is 2. The number of pyridine rings is 1. The maximum Gasteiger partial charge on any atom is 0.334 e. The first-order chi connectivity index (χ1) is 16.9. The minimum absolute atomic E-state index is 0.0119. The number of anilines is 1. The zero-order chi connectivity index (χ0) is 24.6. The van der Waals surface area contributed by atoms with E-state index < -0.39 is 16.1 Å². The normalized spacial score (nSPS) is 11.5. The van der Waals surface area contributed by atoms with Crippen molar-refractivity contribution < 1.29 is 22.7 Å². The number of amides is 2. The fourth-order valence-corrected chi connectivity index (χ4v) is 6.16. The maximum absolute atomic E-state index is 13.2. The van der Waals surface area contributed by atoms with Gasteiger partial charge in [-0.3, -0.25) is 5.32 Å². The van der Waals surface area contributed by atoms with Gasteiger partial charge in [-0.25, -0.2) is 22.6 Å². The van der Waals surface area contributed by atoms with Crippen molar-refractivity contribution in [3.8, 4) is 17.3 Å². The van der Waals surface area contributed by atoms with Gasteiger partial charge in [0, 0.05) is 17.5 Å². The number of hydrogen-bond donors (Lipinski definition) is 2. The van der Waals surface area contributed by atoms with Crippen molar-refractivity contribution in [2.75, 3.05) is 19.5 Å². The predicted molar refractivity (Wildman–Crippen MR) is 133 cm³/mol. The van der Waals surface area contributed by atoms with Crippen molar-refractivity contribution in [2.45, 2.75) is 4.90 Å². The smallest absolute Gasteiger partial charge is 0.334 e. The van der Waals surface area contributed by atoms with E-state index in [4.69, 9.17) is 9.47 Å². The molecule has 0 unspecified atom stereocenters. The highest BCUT2D eigenvalue weighted by Gasteiger charge is 2.24. The number of aromatic nitrogens is 3. The number of carbonyl (C=O) groups excluding carboxylic acids is 1. The van der Waals surface area contributed by atoms with E-state index in [0.717, 1.165) is 15.9 Å². The van der Waals surface area contributed by atoms with Crippen LogP contribution in [-0.4, -0.2) is 43.4 Å². The van der Waals surface area contributed by atoms with Crippen molar-refractivity contribution >= 4 is 53.5 Å². The molecular formula is C23H19N5O5S2. The third kappa shape index (κ3) is 4.24. The van der Waals surface area contributed by atoms with Crippen LogP contribution < -0.4 is 19.5 Å². The summed E-state index contributed by atoms with van der Waals surface area (Å²) in [7, 11) is -1.35. The van der Waals surface area contributed by atoms with Crippen LogP contribution in [0.4, 0.5) is 10.6 Å². The number of thiophene rings is 1. The molecule has 2 aromatic carbocycles. The predicted octanol–water partition coefficient (Wildman–Crippen LogP) is 4.16. The Morgan fingerprint density at radius 1 is 1.03 bits per heavy atom. The average molecular weight is 510 g/mol. The van der Waals surface area contributed by atoms with Gasteiger partial charge in [0.05, 0.1) is 41.0 Å². The Hall–Kier alpha value is -4.16. The molecule has 0 bridgehead atoms. The van der Waals surface area contributed by atoms with Crippen LogP contribution in [0.3, 0.4) is 0 Å². The zero-order valence-electron chi connectivity index (χ0n) is 18.6. The van der Waals surface area contributed by atoms with Gasteiger partial charge in [-0.05, 0) is 18.2 Å². The highest BCUT2D eigenvalue weighted by atomic mass is 32.2. The van der Waals surface area contributed by atoms with Gasteiger partial charge in [0.15, 0.2) is 0 Å². The second-order valence-electron chi connectivity index (χ2n) is 7.33. The molecule has 5 rings (SSSR count). The summed E-state index contributed by atoms with van der Waals surface area (Å²) in [5, 5.41) is 7.58. The third-order valence-electron chi connectivity index (χ3n) is 5.16. The van der Waals surface area contributed by atoms with Gasteiger partial charge in [0.1, 0.15) is 16.5 Å². The standard InChI is InChI=1S/C23H19N5O5S2/c1-32-15-11-19(25-20(12-15)33-2)26-23(29)27-35(30,31)18-10-6-9-16-21-17(34-22(16)18)13-24-28(21)14-7-4-3-5-8-14/h3-13H,1-2H3,(H2,25,26,27,29). The van der Waals surface area contributed by atoms with Gasteiger partial charge < -0.3 is 9.47 Å². The number of carbonyl (C=O) groups is 1. The Morgan fingerprint density at radius 2 is 1.83 bits per heavy atom. The Labute approximate surface area is 204 Å². The van der Waals surface area contributed by atoms with Gasteiger partial charge in [0.2, 0.25) is 5.88 Å². The molecule has 0 aliphatic carbocycles. The van der Waals surface area contributed by atoms with Crippen molar-refractivity contribution in [1.29, 1.82) is 0 Å². The quantitative estimate of drug-likeness (QED) is 0.352. The molecule has 2 amide bonds. The van der Waals surface area contributed by atoms with Crippen LogP contribution >= 0.6 is 11.3 Å². The number of urea groups is 1. The minimum Gasteiger partial charge on any atom is -0.496 e. The first kappa shape index (κ1) is 22.6. The molecule has 0 spiro atoms. The third-order valence-corrected chi connectivity index (χ3v) is 7.83. The molecule has 3 aromatic heterocycles. The second-order valence-corrected chi connectivity index (χ2v) is 10.0. The highest BCUT2D eigenvalue weighted by molar-refractivity contribution is 7.90. The summed E-state index contributed by atoms with van der Waals surface area (Å²) in [5.41, 5.74) is 1.65. The van der Waals surface area contributed by atoms with E-state index in [-0.39, 0.29) is 16.6 Å². The lowest BCUT2D eigenvalue weighted by Crippen LogP contribution is -2.34. The molecular weight excluding hydrogens is 490 g/mol. The first-order valence-electron chi connectivity index (χ1n) is 10.3. The molecule has 0 saturated carbocycles. The topological polar surface area (TPSA) is 124 Å². The summed E-state index contributed by atoms with van der Waals surface area (Å²) in [5.74, 6) is 0.652. The van der Waals surface area contributed by atoms with E-state index in [0.29, 0.717) is 15.8 Å². The van der Waals surface area contributed by atoms with Crippen LogP contribution in [0.1, 0.15) is 0 Å². The van der Waals surface area contributed by atoms with E-state index >= 15 is 0 Å². The van der Waals surface area contributed by atoms with Gasteiger partial charge >= 0.3 is 6.03 Å². The molecule has 2 N–H and O–H groups in total. The fraction of sp³-hybridized carbons (Fsp3) is 0.0870. The number of sulfonamides is 1. The van der Waals surface area contributed by atoms with Crippen LogP contribution in [-0.2, 0) is 10.0 Å². The van der Waals surface area contributed by atoms with E-state index in [2.05, 4.69) is 20.1 Å². The number of nitrogens with zero attached hydrogens (tertiary/aromatic N) is 3. The van der Waals surface area contributed by atoms with E-state index in [9.17, 15) is 13.2 Å². The van der Waals surface area contributed by atoms with Crippen LogP contribution in [0.25, 0.3) is 26.0 Å². The Balaban J connectivity index is 1.48. The molecule has 0 saturated heterocycles. The number of para-hydroxylation sites is 1. The summed E-state index contributed by atoms with van der Waals surface area (Å²) in [6.07, 6.45) is 1.70. The van der Waals surface area contributed by atoms with Crippen LogP contribution in [0, 0.1) is 0 Å². The van der Waals surface area contributed by atoms with Crippen LogP contribution in [0.2, 0.25) is 0 Å². The Bertz CT molecular complexity index is 1640. The summed E-state index contributed by atoms with van der Waals surface area (Å²) >= 11 is 1.29. The molecule has 0 aliphatic rings. The Kier molecular flexibility index (Phi) is 5.75. The van der Waals surface area contributed by atoms with Crippen molar-refractivity contribution in [1.82, 2.24) is 19.5 Å². The zero-order valence-corrected chi connectivity index (χ0v) is 20.2. The lowest BCUT2D eigenvalue weighted by molar-refractivity contribution is 0.256. The van der Waals surface area contributed by atoms with E-state index in [1.54, 1.807) is 16.9 Å². The SMILES string of the molecule is COc1cc(NC(=O)NS(=O)(=O)c2cccc3c2sc2cnn(-c4ccccc4)c23)nc(OC)c1. The fourth-order valence-electron chi connectivity index (χ4n) is 3.64. The van der Waals surface area contributed by atoms with Gasteiger partial charge in [-0.2, -0.15) is 10.1 Å². The average Bonchev–Trinajstić information content (AvgIpc) is 3.43. The van der Waals surface area contributed by atoms with E-state index in [1.807, 2.05) is 36.4 Å². The molecule has 12 heteroatoms. The molecule has 0 fully saturated rings. The van der Waals surface area contributed by atoms with Gasteiger partial charge in [-0.15, -0.1) is 11.3 Å². The first-order valence-corrected chi connectivity index (χ1v) is 12.6. The number of ether oxygens (including phenoxy) is 2. The van der Waals surface area contributed by atoms with Gasteiger partial charge in [0.25, 0.3) is 10.0 Å². The molecule has 178 valence electrons. The van der Waals surface area contributed by atoms with Crippen LogP contribution in [0.15, 0.2) is 71.8 Å². The summed E-state index contributed by atoms with van der Waals surface area (Å²) < 4.78 is 41.8. The number of methoxy groups -OCH3 is 2.